The van der Waals surface area contributed by atoms with E-state index in [1.54, 1.807) is 11.8 Å². The molecule has 0 aliphatic heterocycles. The van der Waals surface area contributed by atoms with Gasteiger partial charge in [0.25, 0.3) is 0 Å². The zero-order valence-electron chi connectivity index (χ0n) is 7.44. The quantitative estimate of drug-likeness (QED) is 0.512. The van der Waals surface area contributed by atoms with E-state index in [0.29, 0.717) is 0 Å². The van der Waals surface area contributed by atoms with Gasteiger partial charge in [0, 0.05) is 0 Å². The highest BCUT2D eigenvalue weighted by Gasteiger charge is 1.91. The van der Waals surface area contributed by atoms with Crippen LogP contribution in [0.5, 0.6) is 0 Å². The van der Waals surface area contributed by atoms with Crippen molar-refractivity contribution in [1.29, 1.82) is 0 Å². The zero-order valence-corrected chi connectivity index (χ0v) is 8.25. The number of allylic oxidation sites excluding steroid dienone is 1. The summed E-state index contributed by atoms with van der Waals surface area (Å²) >= 11 is 1.66. The summed E-state index contributed by atoms with van der Waals surface area (Å²) in [6.45, 7) is 9.81. The molecule has 0 atom stereocenters. The molecule has 0 aliphatic rings. The van der Waals surface area contributed by atoms with E-state index in [1.165, 1.54) is 30.6 Å². The van der Waals surface area contributed by atoms with Gasteiger partial charge in [0.05, 0.1) is 0 Å². The maximum Gasteiger partial charge on any atom is -0.0180 e. The standard InChI is InChI=1S/C10H18S/c1-4-6-7-8-9-10(3)11-5-2/h5H,2-4,6-9H2,1H3. The van der Waals surface area contributed by atoms with Crippen LogP contribution >= 0.6 is 11.8 Å². The van der Waals surface area contributed by atoms with E-state index in [9.17, 15) is 0 Å². The van der Waals surface area contributed by atoms with E-state index in [4.69, 9.17) is 0 Å². The van der Waals surface area contributed by atoms with Crippen molar-refractivity contribution in [3.63, 3.8) is 0 Å². The van der Waals surface area contributed by atoms with Crippen LogP contribution in [0.4, 0.5) is 0 Å². The fourth-order valence-electron chi connectivity index (χ4n) is 0.926. The lowest BCUT2D eigenvalue weighted by Gasteiger charge is -2.00. The molecule has 0 aromatic rings. The molecule has 11 heavy (non-hydrogen) atoms. The highest BCUT2D eigenvalue weighted by Crippen LogP contribution is 2.20. The van der Waals surface area contributed by atoms with Crippen molar-refractivity contribution >= 4 is 11.8 Å². The molecular formula is C10H18S. The highest BCUT2D eigenvalue weighted by molar-refractivity contribution is 8.05. The van der Waals surface area contributed by atoms with E-state index in [0.717, 1.165) is 6.42 Å². The lowest BCUT2D eigenvalue weighted by molar-refractivity contribution is 0.672. The molecule has 0 radical (unpaired) electrons. The Morgan fingerprint density at radius 3 is 2.64 bits per heavy atom. The maximum absolute atomic E-state index is 3.93. The Hall–Kier alpha value is -0.170. The van der Waals surface area contributed by atoms with E-state index >= 15 is 0 Å². The molecule has 0 saturated heterocycles. The van der Waals surface area contributed by atoms with E-state index < -0.39 is 0 Å². The largest absolute Gasteiger partial charge is 0.104 e. The number of hydrogen-bond acceptors (Lipinski definition) is 1. The maximum atomic E-state index is 3.93. The predicted molar refractivity (Wildman–Crippen MR) is 55.7 cm³/mol. The molecule has 1 heteroatoms. The van der Waals surface area contributed by atoms with Gasteiger partial charge in [-0.3, -0.25) is 0 Å². The second-order valence-corrected chi connectivity index (χ2v) is 3.78. The van der Waals surface area contributed by atoms with Crippen LogP contribution in [0.3, 0.4) is 0 Å². The van der Waals surface area contributed by atoms with Gasteiger partial charge < -0.3 is 0 Å². The van der Waals surface area contributed by atoms with Gasteiger partial charge in [-0.05, 0) is 23.2 Å². The zero-order chi connectivity index (χ0) is 8.53. The molecule has 0 N–H and O–H groups in total. The first-order valence-corrected chi connectivity index (χ1v) is 5.14. The molecule has 0 saturated carbocycles. The molecule has 0 spiro atoms. The molecule has 0 aliphatic carbocycles. The Bertz CT molecular complexity index is 116. The van der Waals surface area contributed by atoms with Crippen molar-refractivity contribution in [3.05, 3.63) is 23.5 Å². The second-order valence-electron chi connectivity index (χ2n) is 2.63. The van der Waals surface area contributed by atoms with Gasteiger partial charge >= 0.3 is 0 Å². The van der Waals surface area contributed by atoms with E-state index in [-0.39, 0.29) is 0 Å². The molecule has 0 aromatic carbocycles. The predicted octanol–water partition coefficient (Wildman–Crippen LogP) is 4.35. The van der Waals surface area contributed by atoms with Crippen LogP contribution in [-0.4, -0.2) is 0 Å². The van der Waals surface area contributed by atoms with Crippen LogP contribution in [0.25, 0.3) is 0 Å². The Labute approximate surface area is 74.8 Å². The van der Waals surface area contributed by atoms with E-state index in [1.807, 2.05) is 5.41 Å². The van der Waals surface area contributed by atoms with Crippen molar-refractivity contribution < 1.29 is 0 Å². The third-order valence-electron chi connectivity index (χ3n) is 1.56. The highest BCUT2D eigenvalue weighted by atomic mass is 32.2. The number of unbranched alkanes of at least 4 members (excludes halogenated alkanes) is 3. The fourth-order valence-corrected chi connectivity index (χ4v) is 1.42. The Balaban J connectivity index is 3.10. The molecule has 64 valence electrons. The molecule has 0 fully saturated rings. The minimum absolute atomic E-state index is 1.15. The number of rotatable bonds is 7. The average Bonchev–Trinajstić information content (AvgIpc) is 1.99. The van der Waals surface area contributed by atoms with Crippen LogP contribution in [0, 0.1) is 0 Å². The Morgan fingerprint density at radius 2 is 2.09 bits per heavy atom. The van der Waals surface area contributed by atoms with Gasteiger partial charge in [-0.25, -0.2) is 0 Å². The summed E-state index contributed by atoms with van der Waals surface area (Å²) in [5.41, 5.74) is 0. The Kier molecular flexibility index (Phi) is 7.81. The van der Waals surface area contributed by atoms with Crippen LogP contribution < -0.4 is 0 Å². The SMILES string of the molecule is C=CSC(=C)CCCCCC. The summed E-state index contributed by atoms with van der Waals surface area (Å²) in [6, 6.07) is 0. The lowest BCUT2D eigenvalue weighted by atomic mass is 10.1. The fraction of sp³-hybridized carbons (Fsp3) is 0.600. The van der Waals surface area contributed by atoms with Crippen LogP contribution in [-0.2, 0) is 0 Å². The lowest BCUT2D eigenvalue weighted by Crippen LogP contribution is -1.77. The Morgan fingerprint density at radius 1 is 1.36 bits per heavy atom. The molecule has 0 amide bonds. The van der Waals surface area contributed by atoms with Gasteiger partial charge in [0.15, 0.2) is 0 Å². The van der Waals surface area contributed by atoms with Crippen LogP contribution in [0.1, 0.15) is 39.0 Å². The van der Waals surface area contributed by atoms with Gasteiger partial charge in [-0.1, -0.05) is 39.3 Å². The number of thioether (sulfide) groups is 1. The molecule has 0 rings (SSSR count). The normalized spacial score (nSPS) is 9.55. The smallest absolute Gasteiger partial charge is 0.0180 e. The van der Waals surface area contributed by atoms with E-state index in [2.05, 4.69) is 20.1 Å². The summed E-state index contributed by atoms with van der Waals surface area (Å²) in [5.74, 6) is 0. The first-order chi connectivity index (χ1) is 5.31. The summed E-state index contributed by atoms with van der Waals surface area (Å²) in [7, 11) is 0. The number of hydrogen-bond donors (Lipinski definition) is 0. The third kappa shape index (κ3) is 7.73. The minimum atomic E-state index is 1.15. The molecule has 0 aromatic heterocycles. The topological polar surface area (TPSA) is 0 Å². The van der Waals surface area contributed by atoms with Crippen LogP contribution in [0.2, 0.25) is 0 Å². The molecule has 0 heterocycles. The minimum Gasteiger partial charge on any atom is -0.104 e. The van der Waals surface area contributed by atoms with Crippen molar-refractivity contribution in [2.24, 2.45) is 0 Å². The monoisotopic (exact) mass is 170 g/mol. The molecule has 0 nitrogen and oxygen atoms in total. The summed E-state index contributed by atoms with van der Waals surface area (Å²) in [6.07, 6.45) is 6.44. The molecule has 0 unspecified atom stereocenters. The van der Waals surface area contributed by atoms with Gasteiger partial charge in [0.2, 0.25) is 0 Å². The summed E-state index contributed by atoms with van der Waals surface area (Å²) in [4.78, 5) is 1.25. The van der Waals surface area contributed by atoms with Crippen molar-refractivity contribution in [2.45, 2.75) is 39.0 Å². The van der Waals surface area contributed by atoms with Crippen molar-refractivity contribution in [2.75, 3.05) is 0 Å². The first kappa shape index (κ1) is 10.8. The van der Waals surface area contributed by atoms with Gasteiger partial charge in [0.1, 0.15) is 0 Å². The molecular weight excluding hydrogens is 152 g/mol. The third-order valence-corrected chi connectivity index (χ3v) is 2.26. The molecule has 0 bridgehead atoms. The van der Waals surface area contributed by atoms with Crippen molar-refractivity contribution in [3.8, 4) is 0 Å². The van der Waals surface area contributed by atoms with Crippen molar-refractivity contribution in [1.82, 2.24) is 0 Å². The second kappa shape index (κ2) is 7.93. The summed E-state index contributed by atoms with van der Waals surface area (Å²) < 4.78 is 0. The van der Waals surface area contributed by atoms with Gasteiger partial charge in [-0.2, -0.15) is 0 Å². The summed E-state index contributed by atoms with van der Waals surface area (Å²) in [5, 5.41) is 1.85. The average molecular weight is 170 g/mol. The van der Waals surface area contributed by atoms with Gasteiger partial charge in [-0.15, -0.1) is 11.8 Å². The van der Waals surface area contributed by atoms with Crippen LogP contribution in [0.15, 0.2) is 23.5 Å². The first-order valence-electron chi connectivity index (χ1n) is 4.26.